The SMILES string of the molecule is CCC1CCCCN1C(=O)CN1CCN(c2ccccc2Cl)CC1. The summed E-state index contributed by atoms with van der Waals surface area (Å²) in [6.45, 7) is 7.38. The van der Waals surface area contributed by atoms with Gasteiger partial charge in [-0.1, -0.05) is 30.7 Å². The minimum Gasteiger partial charge on any atom is -0.368 e. The first-order valence-electron chi connectivity index (χ1n) is 9.20. The third-order valence-corrected chi connectivity index (χ3v) is 5.66. The molecular weight excluding hydrogens is 322 g/mol. The molecule has 4 nitrogen and oxygen atoms in total. The van der Waals surface area contributed by atoms with Crippen LogP contribution in [0.4, 0.5) is 5.69 Å². The van der Waals surface area contributed by atoms with Crippen LogP contribution in [0.15, 0.2) is 24.3 Å². The molecule has 5 heteroatoms. The number of para-hydroxylation sites is 1. The number of piperidine rings is 1. The molecule has 0 aliphatic carbocycles. The quantitative estimate of drug-likeness (QED) is 0.834. The minimum atomic E-state index is 0.313. The molecule has 0 saturated carbocycles. The molecule has 1 aromatic rings. The molecule has 1 aromatic carbocycles. The summed E-state index contributed by atoms with van der Waals surface area (Å²) in [5, 5.41) is 0.807. The molecule has 3 rings (SSSR count). The lowest BCUT2D eigenvalue weighted by Crippen LogP contribution is -2.52. The average molecular weight is 350 g/mol. The van der Waals surface area contributed by atoms with Crippen LogP contribution in [0.3, 0.4) is 0 Å². The largest absolute Gasteiger partial charge is 0.368 e. The number of likely N-dealkylation sites (tertiary alicyclic amines) is 1. The van der Waals surface area contributed by atoms with Crippen molar-refractivity contribution < 1.29 is 4.79 Å². The second-order valence-electron chi connectivity index (χ2n) is 6.86. The highest BCUT2D eigenvalue weighted by Crippen LogP contribution is 2.26. The highest BCUT2D eigenvalue weighted by atomic mass is 35.5. The summed E-state index contributed by atoms with van der Waals surface area (Å²) < 4.78 is 0. The van der Waals surface area contributed by atoms with Crippen molar-refractivity contribution in [3.8, 4) is 0 Å². The predicted molar refractivity (Wildman–Crippen MR) is 99.7 cm³/mol. The number of carbonyl (C=O) groups excluding carboxylic acids is 1. The first kappa shape index (κ1) is 17.6. The molecule has 1 unspecified atom stereocenters. The molecule has 2 fully saturated rings. The third-order valence-electron chi connectivity index (χ3n) is 5.34. The zero-order valence-corrected chi connectivity index (χ0v) is 15.3. The van der Waals surface area contributed by atoms with Crippen LogP contribution in [0.5, 0.6) is 0 Å². The van der Waals surface area contributed by atoms with E-state index < -0.39 is 0 Å². The van der Waals surface area contributed by atoms with Crippen molar-refractivity contribution in [2.75, 3.05) is 44.2 Å². The van der Waals surface area contributed by atoms with Gasteiger partial charge in [-0.25, -0.2) is 0 Å². The summed E-state index contributed by atoms with van der Waals surface area (Å²) >= 11 is 6.30. The second kappa shape index (κ2) is 8.21. The Hall–Kier alpha value is -1.26. The number of benzene rings is 1. The van der Waals surface area contributed by atoms with E-state index in [9.17, 15) is 4.79 Å². The monoisotopic (exact) mass is 349 g/mol. The van der Waals surface area contributed by atoms with Gasteiger partial charge in [0, 0.05) is 38.8 Å². The third kappa shape index (κ3) is 4.04. The molecule has 132 valence electrons. The molecule has 0 spiro atoms. The first-order chi connectivity index (χ1) is 11.7. The number of nitrogens with zero attached hydrogens (tertiary/aromatic N) is 3. The van der Waals surface area contributed by atoms with Gasteiger partial charge in [0.25, 0.3) is 0 Å². The van der Waals surface area contributed by atoms with Crippen molar-refractivity contribution >= 4 is 23.2 Å². The fraction of sp³-hybridized carbons (Fsp3) is 0.632. The fourth-order valence-electron chi connectivity index (χ4n) is 3.89. The Labute approximate surface area is 150 Å². The molecule has 0 aromatic heterocycles. The number of rotatable bonds is 4. The molecule has 24 heavy (non-hydrogen) atoms. The van der Waals surface area contributed by atoms with Crippen molar-refractivity contribution in [1.29, 1.82) is 0 Å². The van der Waals surface area contributed by atoms with Crippen LogP contribution in [0, 0.1) is 0 Å². The number of hydrogen-bond acceptors (Lipinski definition) is 3. The average Bonchev–Trinajstić information content (AvgIpc) is 2.63. The smallest absolute Gasteiger partial charge is 0.236 e. The number of carbonyl (C=O) groups is 1. The van der Waals surface area contributed by atoms with Gasteiger partial charge in [0.05, 0.1) is 17.3 Å². The summed E-state index contributed by atoms with van der Waals surface area (Å²) in [5.41, 5.74) is 1.10. The summed E-state index contributed by atoms with van der Waals surface area (Å²) in [4.78, 5) is 19.4. The molecule has 2 heterocycles. The topological polar surface area (TPSA) is 26.8 Å². The highest BCUT2D eigenvalue weighted by Gasteiger charge is 2.27. The highest BCUT2D eigenvalue weighted by molar-refractivity contribution is 6.33. The van der Waals surface area contributed by atoms with Crippen LogP contribution in [0.25, 0.3) is 0 Å². The van der Waals surface area contributed by atoms with E-state index in [1.54, 1.807) is 0 Å². The van der Waals surface area contributed by atoms with Crippen molar-refractivity contribution in [2.24, 2.45) is 0 Å². The van der Waals surface area contributed by atoms with Crippen LogP contribution in [0.1, 0.15) is 32.6 Å². The zero-order valence-electron chi connectivity index (χ0n) is 14.6. The van der Waals surface area contributed by atoms with Gasteiger partial charge in [-0.3, -0.25) is 9.69 Å². The molecule has 2 aliphatic heterocycles. The standard InChI is InChI=1S/C19H28ClN3O/c1-2-16-7-5-6-10-23(16)19(24)15-21-11-13-22(14-12-21)18-9-4-3-8-17(18)20/h3-4,8-9,16H,2,5-7,10-15H2,1H3. The molecule has 0 N–H and O–H groups in total. The Morgan fingerprint density at radius 2 is 1.88 bits per heavy atom. The lowest BCUT2D eigenvalue weighted by atomic mass is 10.00. The lowest BCUT2D eigenvalue weighted by Gasteiger charge is -2.39. The normalized spacial score (nSPS) is 22.7. The number of anilines is 1. The van der Waals surface area contributed by atoms with Gasteiger partial charge in [0.1, 0.15) is 0 Å². The van der Waals surface area contributed by atoms with Crippen LogP contribution >= 0.6 is 11.6 Å². The van der Waals surface area contributed by atoms with Crippen LogP contribution in [-0.4, -0.2) is 61.0 Å². The summed E-state index contributed by atoms with van der Waals surface area (Å²) in [6.07, 6.45) is 4.66. The van der Waals surface area contributed by atoms with Gasteiger partial charge < -0.3 is 9.80 Å². The molecule has 2 saturated heterocycles. The Morgan fingerprint density at radius 3 is 2.58 bits per heavy atom. The van der Waals surface area contributed by atoms with E-state index in [1.165, 1.54) is 12.8 Å². The van der Waals surface area contributed by atoms with Gasteiger partial charge >= 0.3 is 0 Å². The Kier molecular flexibility index (Phi) is 6.01. The van der Waals surface area contributed by atoms with Crippen molar-refractivity contribution in [3.63, 3.8) is 0 Å². The lowest BCUT2D eigenvalue weighted by molar-refractivity contribution is -0.136. The molecule has 2 aliphatic rings. The van der Waals surface area contributed by atoms with Crippen LogP contribution < -0.4 is 4.90 Å². The van der Waals surface area contributed by atoms with Gasteiger partial charge in [-0.05, 0) is 37.8 Å². The van der Waals surface area contributed by atoms with Gasteiger partial charge in [-0.2, -0.15) is 0 Å². The predicted octanol–water partition coefficient (Wildman–Crippen LogP) is 3.25. The van der Waals surface area contributed by atoms with Crippen molar-refractivity contribution in [3.05, 3.63) is 29.3 Å². The minimum absolute atomic E-state index is 0.313. The second-order valence-corrected chi connectivity index (χ2v) is 7.27. The van der Waals surface area contributed by atoms with Crippen molar-refractivity contribution in [1.82, 2.24) is 9.80 Å². The van der Waals surface area contributed by atoms with Gasteiger partial charge in [0.2, 0.25) is 5.91 Å². The van der Waals surface area contributed by atoms with E-state index in [1.807, 2.05) is 18.2 Å². The number of hydrogen-bond donors (Lipinski definition) is 0. The number of amides is 1. The molecule has 1 amide bonds. The molecule has 0 radical (unpaired) electrons. The summed E-state index contributed by atoms with van der Waals surface area (Å²) in [5.74, 6) is 0.313. The van der Waals surface area contributed by atoms with Gasteiger partial charge in [-0.15, -0.1) is 0 Å². The van der Waals surface area contributed by atoms with E-state index in [2.05, 4.69) is 27.7 Å². The van der Waals surface area contributed by atoms with E-state index in [0.717, 1.165) is 56.3 Å². The van der Waals surface area contributed by atoms with Crippen molar-refractivity contribution in [2.45, 2.75) is 38.6 Å². The molecule has 0 bridgehead atoms. The zero-order chi connectivity index (χ0) is 16.9. The van der Waals surface area contributed by atoms with Crippen LogP contribution in [-0.2, 0) is 4.79 Å². The van der Waals surface area contributed by atoms with E-state index >= 15 is 0 Å². The Balaban J connectivity index is 1.52. The molecular formula is C19H28ClN3O. The van der Waals surface area contributed by atoms with E-state index in [0.29, 0.717) is 18.5 Å². The Bertz CT molecular complexity index is 557. The maximum Gasteiger partial charge on any atom is 0.236 e. The van der Waals surface area contributed by atoms with Gasteiger partial charge in [0.15, 0.2) is 0 Å². The summed E-state index contributed by atoms with van der Waals surface area (Å²) in [7, 11) is 0. The molecule has 1 atom stereocenters. The first-order valence-corrected chi connectivity index (χ1v) is 9.58. The Morgan fingerprint density at radius 1 is 1.12 bits per heavy atom. The maximum atomic E-state index is 12.7. The summed E-state index contributed by atoms with van der Waals surface area (Å²) in [6, 6.07) is 8.45. The number of piperazine rings is 1. The maximum absolute atomic E-state index is 12.7. The van der Waals surface area contributed by atoms with Crippen LogP contribution in [0.2, 0.25) is 5.02 Å². The number of halogens is 1. The van der Waals surface area contributed by atoms with E-state index in [4.69, 9.17) is 11.6 Å². The fourth-order valence-corrected chi connectivity index (χ4v) is 4.15. The van der Waals surface area contributed by atoms with E-state index in [-0.39, 0.29) is 0 Å².